The van der Waals surface area contributed by atoms with Crippen LogP contribution in [0.4, 0.5) is 10.1 Å². The number of halogens is 1. The Bertz CT molecular complexity index is 632. The van der Waals surface area contributed by atoms with Crippen LogP contribution in [0, 0.1) is 24.1 Å². The lowest BCUT2D eigenvalue weighted by molar-refractivity contribution is 0.443. The standard InChI is InChI=1S/C14H11FN2O/c1-9-5-6-11(15)13(7-9)18-12-4-2-3-10(8-16)14(12)17/h2-7H,17H2,1H3. The Morgan fingerprint density at radius 1 is 1.22 bits per heavy atom. The number of ether oxygens (including phenoxy) is 1. The molecule has 0 aliphatic carbocycles. The van der Waals surface area contributed by atoms with Crippen molar-refractivity contribution in [1.82, 2.24) is 0 Å². The molecule has 2 aromatic carbocycles. The van der Waals surface area contributed by atoms with Crippen LogP contribution in [-0.2, 0) is 0 Å². The smallest absolute Gasteiger partial charge is 0.165 e. The highest BCUT2D eigenvalue weighted by Crippen LogP contribution is 2.31. The summed E-state index contributed by atoms with van der Waals surface area (Å²) >= 11 is 0. The van der Waals surface area contributed by atoms with E-state index in [4.69, 9.17) is 15.7 Å². The molecule has 18 heavy (non-hydrogen) atoms. The van der Waals surface area contributed by atoms with Gasteiger partial charge in [-0.1, -0.05) is 12.1 Å². The van der Waals surface area contributed by atoms with Gasteiger partial charge in [0.1, 0.15) is 6.07 Å². The number of anilines is 1. The zero-order chi connectivity index (χ0) is 13.1. The average Bonchev–Trinajstić information content (AvgIpc) is 2.36. The predicted molar refractivity (Wildman–Crippen MR) is 66.8 cm³/mol. The first kappa shape index (κ1) is 11.9. The van der Waals surface area contributed by atoms with Crippen LogP contribution in [0.5, 0.6) is 11.5 Å². The van der Waals surface area contributed by atoms with Crippen LogP contribution in [-0.4, -0.2) is 0 Å². The summed E-state index contributed by atoms with van der Waals surface area (Å²) in [5.74, 6) is -0.0994. The van der Waals surface area contributed by atoms with Crippen molar-refractivity contribution in [3.05, 3.63) is 53.3 Å². The van der Waals surface area contributed by atoms with Crippen molar-refractivity contribution in [3.63, 3.8) is 0 Å². The molecule has 0 saturated heterocycles. The Hall–Kier alpha value is -2.54. The fraction of sp³-hybridized carbons (Fsp3) is 0.0714. The second-order valence-electron chi connectivity index (χ2n) is 3.87. The second kappa shape index (κ2) is 4.76. The molecule has 4 heteroatoms. The molecule has 0 spiro atoms. The van der Waals surface area contributed by atoms with Gasteiger partial charge in [0, 0.05) is 0 Å². The van der Waals surface area contributed by atoms with Crippen LogP contribution in [0.25, 0.3) is 0 Å². The largest absolute Gasteiger partial charge is 0.452 e. The van der Waals surface area contributed by atoms with Gasteiger partial charge >= 0.3 is 0 Å². The van der Waals surface area contributed by atoms with Gasteiger partial charge in [-0.15, -0.1) is 0 Å². The summed E-state index contributed by atoms with van der Waals surface area (Å²) in [7, 11) is 0. The van der Waals surface area contributed by atoms with E-state index in [9.17, 15) is 4.39 Å². The lowest BCUT2D eigenvalue weighted by Gasteiger charge is -2.10. The molecule has 0 fully saturated rings. The van der Waals surface area contributed by atoms with Crippen molar-refractivity contribution in [1.29, 1.82) is 5.26 Å². The number of rotatable bonds is 2. The molecule has 0 aliphatic rings. The van der Waals surface area contributed by atoms with E-state index in [1.807, 2.05) is 13.0 Å². The topological polar surface area (TPSA) is 59.0 Å². The minimum atomic E-state index is -0.470. The lowest BCUT2D eigenvalue weighted by atomic mass is 10.2. The molecule has 0 aliphatic heterocycles. The second-order valence-corrected chi connectivity index (χ2v) is 3.87. The van der Waals surface area contributed by atoms with Gasteiger partial charge in [0.2, 0.25) is 0 Å². The Balaban J connectivity index is 2.41. The van der Waals surface area contributed by atoms with Crippen LogP contribution in [0.3, 0.4) is 0 Å². The summed E-state index contributed by atoms with van der Waals surface area (Å²) in [6.45, 7) is 1.83. The molecule has 0 radical (unpaired) electrons. The maximum absolute atomic E-state index is 13.5. The number of nitrogens with zero attached hydrogens (tertiary/aromatic N) is 1. The van der Waals surface area contributed by atoms with E-state index in [0.717, 1.165) is 5.56 Å². The third-order valence-corrected chi connectivity index (χ3v) is 2.49. The zero-order valence-corrected chi connectivity index (χ0v) is 9.77. The molecule has 2 N–H and O–H groups in total. The number of para-hydroxylation sites is 1. The number of aryl methyl sites for hydroxylation is 1. The fourth-order valence-electron chi connectivity index (χ4n) is 1.54. The van der Waals surface area contributed by atoms with Crippen molar-refractivity contribution >= 4 is 5.69 Å². The first-order valence-electron chi connectivity index (χ1n) is 5.34. The minimum absolute atomic E-state index is 0.0942. The number of nitrogen functional groups attached to an aromatic ring is 1. The van der Waals surface area contributed by atoms with Gasteiger partial charge < -0.3 is 10.5 Å². The van der Waals surface area contributed by atoms with E-state index >= 15 is 0 Å². The van der Waals surface area contributed by atoms with Crippen molar-refractivity contribution in [2.24, 2.45) is 0 Å². The van der Waals surface area contributed by atoms with Crippen LogP contribution < -0.4 is 10.5 Å². The van der Waals surface area contributed by atoms with Gasteiger partial charge in [-0.2, -0.15) is 5.26 Å². The maximum atomic E-state index is 13.5. The van der Waals surface area contributed by atoms with Gasteiger partial charge in [0.15, 0.2) is 17.3 Å². The SMILES string of the molecule is Cc1ccc(F)c(Oc2cccc(C#N)c2N)c1. The van der Waals surface area contributed by atoms with E-state index in [0.29, 0.717) is 5.56 Å². The molecule has 0 unspecified atom stereocenters. The molecule has 2 aromatic rings. The molecule has 3 nitrogen and oxygen atoms in total. The summed E-state index contributed by atoms with van der Waals surface area (Å²) in [5.41, 5.74) is 7.15. The van der Waals surface area contributed by atoms with Crippen molar-refractivity contribution < 1.29 is 9.13 Å². The zero-order valence-electron chi connectivity index (χ0n) is 9.77. The highest BCUT2D eigenvalue weighted by molar-refractivity contribution is 5.63. The van der Waals surface area contributed by atoms with E-state index < -0.39 is 5.82 Å². The fourth-order valence-corrected chi connectivity index (χ4v) is 1.54. The van der Waals surface area contributed by atoms with Crippen LogP contribution >= 0.6 is 0 Å². The molecule has 0 atom stereocenters. The van der Waals surface area contributed by atoms with Crippen LogP contribution in [0.2, 0.25) is 0 Å². The average molecular weight is 242 g/mol. The molecular formula is C14H11FN2O. The lowest BCUT2D eigenvalue weighted by Crippen LogP contribution is -1.96. The van der Waals surface area contributed by atoms with Crippen molar-refractivity contribution in [2.45, 2.75) is 6.92 Å². The van der Waals surface area contributed by atoms with Gasteiger partial charge in [-0.3, -0.25) is 0 Å². The Labute approximate surface area is 104 Å². The van der Waals surface area contributed by atoms with Gasteiger partial charge in [-0.25, -0.2) is 4.39 Å². The third kappa shape index (κ3) is 2.25. The van der Waals surface area contributed by atoms with Gasteiger partial charge in [0.05, 0.1) is 11.3 Å². The van der Waals surface area contributed by atoms with E-state index in [1.54, 1.807) is 30.3 Å². The molecule has 0 bridgehead atoms. The van der Waals surface area contributed by atoms with E-state index in [1.165, 1.54) is 6.07 Å². The minimum Gasteiger partial charge on any atom is -0.452 e. The van der Waals surface area contributed by atoms with Crippen molar-refractivity contribution in [2.75, 3.05) is 5.73 Å². The van der Waals surface area contributed by atoms with Crippen LogP contribution in [0.1, 0.15) is 11.1 Å². The number of hydrogen-bond donors (Lipinski definition) is 1. The Kier molecular flexibility index (Phi) is 3.16. The first-order chi connectivity index (χ1) is 8.61. The Morgan fingerprint density at radius 3 is 2.72 bits per heavy atom. The highest BCUT2D eigenvalue weighted by Gasteiger charge is 2.09. The van der Waals surface area contributed by atoms with Gasteiger partial charge in [-0.05, 0) is 36.8 Å². The monoisotopic (exact) mass is 242 g/mol. The number of benzene rings is 2. The number of nitrogens with two attached hydrogens (primary N) is 1. The molecule has 0 heterocycles. The molecule has 2 rings (SSSR count). The summed E-state index contributed by atoms with van der Waals surface area (Å²) in [5, 5.41) is 8.85. The van der Waals surface area contributed by atoms with E-state index in [2.05, 4.69) is 0 Å². The number of hydrogen-bond acceptors (Lipinski definition) is 3. The normalized spacial score (nSPS) is 9.83. The number of nitriles is 1. The maximum Gasteiger partial charge on any atom is 0.165 e. The molecule has 0 saturated carbocycles. The summed E-state index contributed by atoms with van der Waals surface area (Å²) in [4.78, 5) is 0. The summed E-state index contributed by atoms with van der Waals surface area (Å²) in [6, 6.07) is 11.3. The molecule has 0 amide bonds. The van der Waals surface area contributed by atoms with Gasteiger partial charge in [0.25, 0.3) is 0 Å². The van der Waals surface area contributed by atoms with Crippen molar-refractivity contribution in [3.8, 4) is 17.6 Å². The third-order valence-electron chi connectivity index (χ3n) is 2.49. The van der Waals surface area contributed by atoms with E-state index in [-0.39, 0.29) is 17.2 Å². The Morgan fingerprint density at radius 2 is 2.00 bits per heavy atom. The molecular weight excluding hydrogens is 231 g/mol. The quantitative estimate of drug-likeness (QED) is 0.821. The highest BCUT2D eigenvalue weighted by atomic mass is 19.1. The predicted octanol–water partition coefficient (Wildman–Crippen LogP) is 3.38. The summed E-state index contributed by atoms with van der Waals surface area (Å²) in [6.07, 6.45) is 0. The summed E-state index contributed by atoms with van der Waals surface area (Å²) < 4.78 is 19.0. The molecule has 90 valence electrons. The first-order valence-corrected chi connectivity index (χ1v) is 5.34. The molecule has 0 aromatic heterocycles. The van der Waals surface area contributed by atoms with Crippen LogP contribution in [0.15, 0.2) is 36.4 Å².